The average molecular weight is 218 g/mol. The van der Waals surface area contributed by atoms with Crippen molar-refractivity contribution in [3.8, 4) is 0 Å². The molecule has 0 radical (unpaired) electrons. The molecule has 0 heterocycles. The van der Waals surface area contributed by atoms with Crippen LogP contribution in [-0.4, -0.2) is 0 Å². The first-order chi connectivity index (χ1) is 7.69. The van der Waals surface area contributed by atoms with Gasteiger partial charge in [-0.3, -0.25) is 0 Å². The maximum absolute atomic E-state index is 5.29. The largest absolute Gasteiger partial charge is 0.494 e. The highest BCUT2D eigenvalue weighted by Gasteiger charge is 2.07. The Labute approximate surface area is 97.2 Å². The second kappa shape index (κ2) is 6.01. The fraction of sp³-hybridized carbons (Fsp3) is 0.286. The average Bonchev–Trinajstić information content (AvgIpc) is 2.30. The third-order valence-electron chi connectivity index (χ3n) is 2.48. The molecule has 0 aliphatic rings. The van der Waals surface area contributed by atoms with Crippen LogP contribution in [-0.2, 0) is 9.47 Å². The van der Waals surface area contributed by atoms with Gasteiger partial charge in [-0.2, -0.15) is 0 Å². The molecule has 0 bridgehead atoms. The van der Waals surface area contributed by atoms with Crippen LogP contribution in [0.3, 0.4) is 0 Å². The van der Waals surface area contributed by atoms with Crippen molar-refractivity contribution in [2.45, 2.75) is 26.1 Å². The Balaban J connectivity index is 2.74. The van der Waals surface area contributed by atoms with Gasteiger partial charge in [-0.25, -0.2) is 0 Å². The predicted octanol–water partition coefficient (Wildman–Crippen LogP) is 4.13. The minimum Gasteiger partial charge on any atom is -0.494 e. The van der Waals surface area contributed by atoms with Crippen molar-refractivity contribution in [2.24, 2.45) is 0 Å². The summed E-state index contributed by atoms with van der Waals surface area (Å²) in [5, 5.41) is 0. The van der Waals surface area contributed by atoms with E-state index in [1.54, 1.807) is 0 Å². The van der Waals surface area contributed by atoms with Crippen molar-refractivity contribution >= 4 is 0 Å². The lowest BCUT2D eigenvalue weighted by molar-refractivity contribution is 0.162. The first-order valence-corrected chi connectivity index (χ1v) is 5.31. The first kappa shape index (κ1) is 12.4. The second-order valence-corrected chi connectivity index (χ2v) is 3.56. The smallest absolute Gasteiger partial charge is 0.120 e. The Hall–Kier alpha value is -1.70. The third-order valence-corrected chi connectivity index (χ3v) is 2.48. The molecule has 2 nitrogen and oxygen atoms in total. The third kappa shape index (κ3) is 3.16. The molecule has 0 spiro atoms. The lowest BCUT2D eigenvalue weighted by atomic mass is 10.1. The summed E-state index contributed by atoms with van der Waals surface area (Å²) in [5.41, 5.74) is 2.24. The van der Waals surface area contributed by atoms with E-state index < -0.39 is 0 Å². The van der Waals surface area contributed by atoms with Gasteiger partial charge in [0.2, 0.25) is 0 Å². The van der Waals surface area contributed by atoms with E-state index in [4.69, 9.17) is 9.47 Å². The molecule has 0 N–H and O–H groups in total. The lowest BCUT2D eigenvalue weighted by Gasteiger charge is -2.14. The summed E-state index contributed by atoms with van der Waals surface area (Å²) in [5.74, 6) is 0. The van der Waals surface area contributed by atoms with Crippen LogP contribution in [0.1, 0.15) is 37.2 Å². The van der Waals surface area contributed by atoms with E-state index in [0.717, 1.165) is 11.1 Å². The number of ether oxygens (including phenoxy) is 2. The van der Waals surface area contributed by atoms with Crippen LogP contribution < -0.4 is 0 Å². The molecule has 0 aromatic heterocycles. The maximum atomic E-state index is 5.29. The van der Waals surface area contributed by atoms with Crippen molar-refractivity contribution in [2.75, 3.05) is 0 Å². The molecule has 0 amide bonds. The van der Waals surface area contributed by atoms with Gasteiger partial charge in [0.05, 0.1) is 12.5 Å². The van der Waals surface area contributed by atoms with Gasteiger partial charge in [-0.05, 0) is 25.0 Å². The molecule has 0 saturated heterocycles. The van der Waals surface area contributed by atoms with E-state index in [-0.39, 0.29) is 12.2 Å². The lowest BCUT2D eigenvalue weighted by Crippen LogP contribution is -1.98. The number of rotatable bonds is 6. The predicted molar refractivity (Wildman–Crippen MR) is 65.8 cm³/mol. The zero-order chi connectivity index (χ0) is 12.0. The van der Waals surface area contributed by atoms with Gasteiger partial charge in [0, 0.05) is 0 Å². The van der Waals surface area contributed by atoms with Crippen LogP contribution in [0, 0.1) is 0 Å². The SMILES string of the molecule is C=COC(C)c1ccc(C(C)OC=C)cc1. The van der Waals surface area contributed by atoms with Crippen molar-refractivity contribution in [3.63, 3.8) is 0 Å². The maximum Gasteiger partial charge on any atom is 0.120 e. The molecule has 1 aromatic rings. The molecule has 16 heavy (non-hydrogen) atoms. The van der Waals surface area contributed by atoms with Gasteiger partial charge in [0.15, 0.2) is 0 Å². The van der Waals surface area contributed by atoms with Gasteiger partial charge in [0.1, 0.15) is 12.2 Å². The molecule has 1 aromatic carbocycles. The summed E-state index contributed by atoms with van der Waals surface area (Å²) in [7, 11) is 0. The van der Waals surface area contributed by atoms with E-state index >= 15 is 0 Å². The van der Waals surface area contributed by atoms with Crippen LogP contribution in [0.15, 0.2) is 49.9 Å². The van der Waals surface area contributed by atoms with Crippen molar-refractivity contribution in [3.05, 3.63) is 61.1 Å². The fourth-order valence-electron chi connectivity index (χ4n) is 1.48. The van der Waals surface area contributed by atoms with Gasteiger partial charge in [-0.1, -0.05) is 37.4 Å². The number of hydrogen-bond acceptors (Lipinski definition) is 2. The molecule has 2 atom stereocenters. The molecular weight excluding hydrogens is 200 g/mol. The molecule has 0 saturated carbocycles. The van der Waals surface area contributed by atoms with Crippen LogP contribution in [0.4, 0.5) is 0 Å². The fourth-order valence-corrected chi connectivity index (χ4v) is 1.48. The number of hydrogen-bond donors (Lipinski definition) is 0. The molecule has 0 aliphatic heterocycles. The minimum atomic E-state index is 0.0298. The van der Waals surface area contributed by atoms with Crippen molar-refractivity contribution < 1.29 is 9.47 Å². The standard InChI is InChI=1S/C14H18O2/c1-5-15-11(3)13-7-9-14(10-8-13)12(4)16-6-2/h5-12H,1-2H2,3-4H3. The van der Waals surface area contributed by atoms with E-state index in [2.05, 4.69) is 13.2 Å². The minimum absolute atomic E-state index is 0.0298. The Kier molecular flexibility index (Phi) is 4.65. The highest BCUT2D eigenvalue weighted by atomic mass is 16.5. The first-order valence-electron chi connectivity index (χ1n) is 5.31. The van der Waals surface area contributed by atoms with Crippen LogP contribution >= 0.6 is 0 Å². The normalized spacial score (nSPS) is 13.6. The highest BCUT2D eigenvalue weighted by molar-refractivity contribution is 5.25. The summed E-state index contributed by atoms with van der Waals surface area (Å²) in [6.45, 7) is 11.1. The Morgan fingerprint density at radius 1 is 0.875 bits per heavy atom. The van der Waals surface area contributed by atoms with Gasteiger partial charge in [0.25, 0.3) is 0 Å². The molecule has 0 fully saturated rings. The molecule has 0 aliphatic carbocycles. The summed E-state index contributed by atoms with van der Waals surface area (Å²) in [4.78, 5) is 0. The topological polar surface area (TPSA) is 18.5 Å². The molecule has 2 unspecified atom stereocenters. The quantitative estimate of drug-likeness (QED) is 0.668. The summed E-state index contributed by atoms with van der Waals surface area (Å²) in [6.07, 6.45) is 2.98. The molecular formula is C14H18O2. The van der Waals surface area contributed by atoms with Gasteiger partial charge in [-0.15, -0.1) is 0 Å². The second-order valence-electron chi connectivity index (χ2n) is 3.56. The Bertz CT molecular complexity index is 305. The van der Waals surface area contributed by atoms with Crippen LogP contribution in [0.2, 0.25) is 0 Å². The zero-order valence-electron chi connectivity index (χ0n) is 9.85. The van der Waals surface area contributed by atoms with E-state index in [1.807, 2.05) is 38.1 Å². The summed E-state index contributed by atoms with van der Waals surface area (Å²) in [6, 6.07) is 8.14. The van der Waals surface area contributed by atoms with Gasteiger partial charge < -0.3 is 9.47 Å². The highest BCUT2D eigenvalue weighted by Crippen LogP contribution is 2.21. The van der Waals surface area contributed by atoms with E-state index in [0.29, 0.717) is 0 Å². The Morgan fingerprint density at radius 2 is 1.19 bits per heavy atom. The van der Waals surface area contributed by atoms with Crippen LogP contribution in [0.5, 0.6) is 0 Å². The molecule has 1 rings (SSSR count). The van der Waals surface area contributed by atoms with Crippen molar-refractivity contribution in [1.82, 2.24) is 0 Å². The van der Waals surface area contributed by atoms with E-state index in [1.165, 1.54) is 12.5 Å². The van der Waals surface area contributed by atoms with Crippen molar-refractivity contribution in [1.29, 1.82) is 0 Å². The molecule has 86 valence electrons. The summed E-state index contributed by atoms with van der Waals surface area (Å²) < 4.78 is 10.6. The summed E-state index contributed by atoms with van der Waals surface area (Å²) >= 11 is 0. The monoisotopic (exact) mass is 218 g/mol. The van der Waals surface area contributed by atoms with E-state index in [9.17, 15) is 0 Å². The zero-order valence-corrected chi connectivity index (χ0v) is 9.85. The Morgan fingerprint density at radius 3 is 1.44 bits per heavy atom. The molecule has 2 heteroatoms. The van der Waals surface area contributed by atoms with Crippen LogP contribution in [0.25, 0.3) is 0 Å². The number of benzene rings is 1. The van der Waals surface area contributed by atoms with Gasteiger partial charge >= 0.3 is 0 Å².